The van der Waals surface area contributed by atoms with Crippen molar-refractivity contribution in [2.45, 2.75) is 57.3 Å². The molecule has 3 fully saturated rings. The molecular weight excluding hydrogens is 497 g/mol. The Hall–Kier alpha value is -3.07. The van der Waals surface area contributed by atoms with Gasteiger partial charge >= 0.3 is 6.36 Å². The van der Waals surface area contributed by atoms with Crippen LogP contribution in [-0.2, 0) is 16.0 Å². The average molecular weight is 531 g/mol. The average Bonchev–Trinajstić information content (AvgIpc) is 3.29. The number of hydrogen-bond acceptors (Lipinski definition) is 4. The molecule has 2 heterocycles. The molecule has 5 rings (SSSR count). The Morgan fingerprint density at radius 1 is 0.921 bits per heavy atom. The summed E-state index contributed by atoms with van der Waals surface area (Å²) in [5, 5.41) is 0. The summed E-state index contributed by atoms with van der Waals surface area (Å²) in [4.78, 5) is 29.5. The summed E-state index contributed by atoms with van der Waals surface area (Å²) in [6, 6.07) is 11.8. The first-order chi connectivity index (χ1) is 18.3. The molecule has 2 amide bonds. The second-order valence-electron chi connectivity index (χ2n) is 10.4. The predicted molar refractivity (Wildman–Crippen MR) is 136 cm³/mol. The van der Waals surface area contributed by atoms with Crippen molar-refractivity contribution in [3.8, 4) is 16.9 Å². The Morgan fingerprint density at radius 3 is 2.29 bits per heavy atom. The van der Waals surface area contributed by atoms with Crippen LogP contribution in [0.15, 0.2) is 42.5 Å². The molecule has 0 radical (unpaired) electrons. The van der Waals surface area contributed by atoms with Crippen molar-refractivity contribution in [3.63, 3.8) is 0 Å². The van der Waals surface area contributed by atoms with Gasteiger partial charge in [-0.25, -0.2) is 0 Å². The Balaban J connectivity index is 1.33. The first kappa shape index (κ1) is 26.5. The van der Waals surface area contributed by atoms with Crippen LogP contribution < -0.4 is 4.74 Å². The van der Waals surface area contributed by atoms with Crippen molar-refractivity contribution in [3.05, 3.63) is 53.6 Å². The van der Waals surface area contributed by atoms with Gasteiger partial charge < -0.3 is 19.3 Å². The predicted octanol–water partition coefficient (Wildman–Crippen LogP) is 5.45. The van der Waals surface area contributed by atoms with Crippen molar-refractivity contribution in [1.29, 1.82) is 0 Å². The van der Waals surface area contributed by atoms with Crippen LogP contribution in [0.25, 0.3) is 11.1 Å². The standard InChI is InChI=1S/C29H33F3N2O4/c30-29(31,32)38-26-19-22(20-6-8-21(9-7-20)27(35)33-14-16-37-17-15-33)10-11-23(26)18-24-12-13-34(28(24)36)25-4-2-1-3-5-25/h6-11,19,24-25H,1-5,12-18H2. The van der Waals surface area contributed by atoms with Crippen LogP contribution >= 0.6 is 0 Å². The molecule has 1 unspecified atom stereocenters. The van der Waals surface area contributed by atoms with Crippen LogP contribution in [0.2, 0.25) is 0 Å². The molecule has 2 saturated heterocycles. The lowest BCUT2D eigenvalue weighted by Crippen LogP contribution is -2.40. The van der Waals surface area contributed by atoms with Gasteiger partial charge in [-0.1, -0.05) is 43.5 Å². The Labute approximate surface area is 220 Å². The van der Waals surface area contributed by atoms with Gasteiger partial charge in [0, 0.05) is 37.2 Å². The van der Waals surface area contributed by atoms with Crippen LogP contribution in [0.5, 0.6) is 5.75 Å². The van der Waals surface area contributed by atoms with E-state index in [2.05, 4.69) is 4.74 Å². The van der Waals surface area contributed by atoms with Crippen LogP contribution in [0.4, 0.5) is 13.2 Å². The minimum Gasteiger partial charge on any atom is -0.405 e. The van der Waals surface area contributed by atoms with Gasteiger partial charge in [-0.15, -0.1) is 13.2 Å². The quantitative estimate of drug-likeness (QED) is 0.499. The molecule has 2 aliphatic heterocycles. The van der Waals surface area contributed by atoms with Crippen molar-refractivity contribution >= 4 is 11.8 Å². The van der Waals surface area contributed by atoms with Gasteiger partial charge in [0.15, 0.2) is 0 Å². The molecule has 1 saturated carbocycles. The smallest absolute Gasteiger partial charge is 0.405 e. The summed E-state index contributed by atoms with van der Waals surface area (Å²) in [5.74, 6) is -0.685. The lowest BCUT2D eigenvalue weighted by Gasteiger charge is -2.31. The number of nitrogens with zero attached hydrogens (tertiary/aromatic N) is 2. The number of rotatable bonds is 6. The molecule has 6 nitrogen and oxygen atoms in total. The maximum Gasteiger partial charge on any atom is 0.573 e. The van der Waals surface area contributed by atoms with E-state index in [0.29, 0.717) is 61.5 Å². The first-order valence-corrected chi connectivity index (χ1v) is 13.4. The van der Waals surface area contributed by atoms with Gasteiger partial charge in [-0.2, -0.15) is 0 Å². The fourth-order valence-electron chi connectivity index (χ4n) is 5.85. The normalized spacial score (nSPS) is 21.1. The van der Waals surface area contributed by atoms with Gasteiger partial charge in [0.25, 0.3) is 5.91 Å². The zero-order valence-corrected chi connectivity index (χ0v) is 21.3. The number of hydrogen-bond donors (Lipinski definition) is 0. The number of morpholine rings is 1. The van der Waals surface area contributed by atoms with E-state index >= 15 is 0 Å². The number of carbonyl (C=O) groups excluding carboxylic acids is 2. The van der Waals surface area contributed by atoms with Gasteiger partial charge in [0.2, 0.25) is 5.91 Å². The maximum atomic E-state index is 13.3. The molecule has 2 aromatic rings. The minimum absolute atomic E-state index is 0.0412. The molecular formula is C29H33F3N2O4. The molecule has 1 aliphatic carbocycles. The topological polar surface area (TPSA) is 59.1 Å². The summed E-state index contributed by atoms with van der Waals surface area (Å²) in [5.41, 5.74) is 2.10. The Kier molecular flexibility index (Phi) is 7.93. The number of benzene rings is 2. The van der Waals surface area contributed by atoms with Crippen LogP contribution in [0.1, 0.15) is 54.4 Å². The van der Waals surface area contributed by atoms with Crippen molar-refractivity contribution < 1.29 is 32.2 Å². The van der Waals surface area contributed by atoms with Crippen LogP contribution in [0.3, 0.4) is 0 Å². The number of carbonyl (C=O) groups is 2. The van der Waals surface area contributed by atoms with E-state index in [0.717, 1.165) is 25.7 Å². The third-order valence-electron chi connectivity index (χ3n) is 7.89. The van der Waals surface area contributed by atoms with E-state index in [9.17, 15) is 22.8 Å². The molecule has 1 atom stereocenters. The van der Waals surface area contributed by atoms with Gasteiger partial charge in [0.05, 0.1) is 13.2 Å². The van der Waals surface area contributed by atoms with E-state index in [4.69, 9.17) is 4.74 Å². The fourth-order valence-corrected chi connectivity index (χ4v) is 5.85. The highest BCUT2D eigenvalue weighted by Crippen LogP contribution is 2.36. The third-order valence-corrected chi connectivity index (χ3v) is 7.89. The monoisotopic (exact) mass is 530 g/mol. The van der Waals surface area contributed by atoms with E-state index in [1.165, 1.54) is 12.5 Å². The summed E-state index contributed by atoms with van der Waals surface area (Å²) < 4.78 is 49.7. The Bertz CT molecular complexity index is 1140. The SMILES string of the molecule is O=C(c1ccc(-c2ccc(CC3CCN(C4CCCCC4)C3=O)c(OC(F)(F)F)c2)cc1)N1CCOCC1. The maximum absolute atomic E-state index is 13.3. The number of amides is 2. The molecule has 0 spiro atoms. The summed E-state index contributed by atoms with van der Waals surface area (Å²) >= 11 is 0. The molecule has 0 bridgehead atoms. The summed E-state index contributed by atoms with van der Waals surface area (Å²) in [6.07, 6.45) is 1.44. The molecule has 38 heavy (non-hydrogen) atoms. The van der Waals surface area contributed by atoms with Gasteiger partial charge in [0.1, 0.15) is 5.75 Å². The highest BCUT2D eigenvalue weighted by Gasteiger charge is 2.38. The highest BCUT2D eigenvalue weighted by atomic mass is 19.4. The minimum atomic E-state index is -4.85. The van der Waals surface area contributed by atoms with E-state index in [1.54, 1.807) is 41.3 Å². The first-order valence-electron chi connectivity index (χ1n) is 13.4. The lowest BCUT2D eigenvalue weighted by molar-refractivity contribution is -0.274. The number of ether oxygens (including phenoxy) is 2. The van der Waals surface area contributed by atoms with Gasteiger partial charge in [-0.05, 0) is 60.6 Å². The van der Waals surface area contributed by atoms with Gasteiger partial charge in [-0.3, -0.25) is 9.59 Å². The summed E-state index contributed by atoms with van der Waals surface area (Å²) in [6.45, 7) is 2.73. The van der Waals surface area contributed by atoms with Crippen LogP contribution in [0, 0.1) is 5.92 Å². The van der Waals surface area contributed by atoms with Crippen molar-refractivity contribution in [1.82, 2.24) is 9.80 Å². The second kappa shape index (κ2) is 11.4. The fraction of sp³-hybridized carbons (Fsp3) is 0.517. The second-order valence-corrected chi connectivity index (χ2v) is 10.4. The molecule has 3 aliphatic rings. The molecule has 0 N–H and O–H groups in total. The zero-order chi connectivity index (χ0) is 26.7. The lowest BCUT2D eigenvalue weighted by atomic mass is 9.93. The number of halogens is 3. The van der Waals surface area contributed by atoms with E-state index in [1.807, 2.05) is 4.90 Å². The highest BCUT2D eigenvalue weighted by molar-refractivity contribution is 5.94. The molecule has 2 aromatic carbocycles. The summed E-state index contributed by atoms with van der Waals surface area (Å²) in [7, 11) is 0. The van der Waals surface area contributed by atoms with E-state index < -0.39 is 6.36 Å². The number of alkyl halides is 3. The molecule has 204 valence electrons. The van der Waals surface area contributed by atoms with Crippen molar-refractivity contribution in [2.75, 3.05) is 32.8 Å². The van der Waals surface area contributed by atoms with E-state index in [-0.39, 0.29) is 35.9 Å². The molecule has 0 aromatic heterocycles. The largest absolute Gasteiger partial charge is 0.573 e. The molecule has 9 heteroatoms. The van der Waals surface area contributed by atoms with Crippen molar-refractivity contribution in [2.24, 2.45) is 5.92 Å². The zero-order valence-electron chi connectivity index (χ0n) is 21.3. The third kappa shape index (κ3) is 6.14. The number of likely N-dealkylation sites (tertiary alicyclic amines) is 1. The Morgan fingerprint density at radius 2 is 1.61 bits per heavy atom. The van der Waals surface area contributed by atoms with Crippen LogP contribution in [-0.4, -0.2) is 66.9 Å².